The number of nitrogens with one attached hydrogen (secondary N) is 2. The zero-order valence-electron chi connectivity index (χ0n) is 9.18. The van der Waals surface area contributed by atoms with Crippen LogP contribution in [0.1, 0.15) is 10.4 Å². The van der Waals surface area contributed by atoms with Gasteiger partial charge in [-0.3, -0.25) is 15.1 Å². The highest BCUT2D eigenvalue weighted by Crippen LogP contribution is 2.33. The Hall–Kier alpha value is -2.18. The van der Waals surface area contributed by atoms with Crippen molar-refractivity contribution in [3.63, 3.8) is 0 Å². The molecule has 0 saturated heterocycles. The van der Waals surface area contributed by atoms with E-state index in [2.05, 4.69) is 10.2 Å². The van der Waals surface area contributed by atoms with Gasteiger partial charge in [0.25, 0.3) is 5.91 Å². The van der Waals surface area contributed by atoms with E-state index >= 15 is 0 Å². The summed E-state index contributed by atoms with van der Waals surface area (Å²) in [5.74, 6) is -0.507. The quantitative estimate of drug-likeness (QED) is 0.488. The number of hydroxylamine groups is 1. The smallest absolute Gasteiger partial charge is 0.274 e. The van der Waals surface area contributed by atoms with E-state index in [0.717, 1.165) is 20.5 Å². The van der Waals surface area contributed by atoms with Crippen molar-refractivity contribution in [2.45, 2.75) is 0 Å². The fourth-order valence-electron chi connectivity index (χ4n) is 1.78. The Morgan fingerprint density at radius 2 is 2.28 bits per heavy atom. The Kier molecular flexibility index (Phi) is 2.58. The molecule has 18 heavy (non-hydrogen) atoms. The van der Waals surface area contributed by atoms with Crippen molar-refractivity contribution in [2.24, 2.45) is 0 Å². The molecule has 0 aliphatic heterocycles. The van der Waals surface area contributed by atoms with Crippen LogP contribution in [0.15, 0.2) is 36.7 Å². The number of amides is 1. The predicted molar refractivity (Wildman–Crippen MR) is 68.7 cm³/mol. The number of aromatic nitrogens is 2. The molecule has 0 aliphatic carbocycles. The molecule has 2 aromatic heterocycles. The number of fused-ring (bicyclic) bond motifs is 1. The van der Waals surface area contributed by atoms with Crippen molar-refractivity contribution < 1.29 is 10.0 Å². The molecule has 0 radical (unpaired) electrons. The molecule has 0 atom stereocenters. The van der Waals surface area contributed by atoms with E-state index in [-0.39, 0.29) is 0 Å². The molecule has 0 spiro atoms. The van der Waals surface area contributed by atoms with Crippen LogP contribution in [0.4, 0.5) is 0 Å². The molecule has 5 nitrogen and oxygen atoms in total. The molecule has 3 rings (SSSR count). The van der Waals surface area contributed by atoms with E-state index in [0.29, 0.717) is 5.56 Å². The number of rotatable bonds is 2. The lowest BCUT2D eigenvalue weighted by Crippen LogP contribution is -2.18. The molecule has 90 valence electrons. The first-order chi connectivity index (χ1) is 8.78. The fourth-order valence-corrected chi connectivity index (χ4v) is 2.80. The van der Waals surface area contributed by atoms with Gasteiger partial charge in [-0.15, -0.1) is 11.3 Å². The molecule has 3 N–H and O–H groups in total. The number of thiophene rings is 1. The van der Waals surface area contributed by atoms with Gasteiger partial charge in [-0.25, -0.2) is 5.48 Å². The van der Waals surface area contributed by atoms with Crippen LogP contribution in [0.25, 0.3) is 20.5 Å². The SMILES string of the molecule is O=C(NO)c1ccc2sc(-c3cn[nH]c3)cc2c1. The molecule has 0 fully saturated rings. The highest BCUT2D eigenvalue weighted by atomic mass is 32.1. The van der Waals surface area contributed by atoms with Crippen LogP contribution in [-0.2, 0) is 0 Å². The first-order valence-corrected chi connectivity index (χ1v) is 6.07. The Morgan fingerprint density at radius 1 is 1.39 bits per heavy atom. The van der Waals surface area contributed by atoms with Crippen molar-refractivity contribution in [1.82, 2.24) is 15.7 Å². The van der Waals surface area contributed by atoms with Crippen LogP contribution in [0.3, 0.4) is 0 Å². The Morgan fingerprint density at radius 3 is 3.00 bits per heavy atom. The minimum absolute atomic E-state index is 0.432. The molecule has 6 heteroatoms. The fraction of sp³-hybridized carbons (Fsp3) is 0. The Labute approximate surface area is 106 Å². The summed E-state index contributed by atoms with van der Waals surface area (Å²) in [5, 5.41) is 16.3. The summed E-state index contributed by atoms with van der Waals surface area (Å²) in [6.45, 7) is 0. The lowest BCUT2D eigenvalue weighted by molar-refractivity contribution is 0.0706. The molecular formula is C12H9N3O2S. The van der Waals surface area contributed by atoms with E-state index in [1.807, 2.05) is 18.3 Å². The normalized spacial score (nSPS) is 10.7. The molecule has 0 bridgehead atoms. The van der Waals surface area contributed by atoms with Crippen molar-refractivity contribution in [3.8, 4) is 10.4 Å². The van der Waals surface area contributed by atoms with Crippen LogP contribution in [0.2, 0.25) is 0 Å². The van der Waals surface area contributed by atoms with Crippen molar-refractivity contribution in [2.75, 3.05) is 0 Å². The van der Waals surface area contributed by atoms with Gasteiger partial charge in [0.1, 0.15) is 0 Å². The van der Waals surface area contributed by atoms with Crippen LogP contribution >= 0.6 is 11.3 Å². The summed E-state index contributed by atoms with van der Waals surface area (Å²) in [5.41, 5.74) is 3.08. The van der Waals surface area contributed by atoms with Crippen molar-refractivity contribution in [3.05, 3.63) is 42.2 Å². The molecule has 0 aliphatic rings. The Balaban J connectivity index is 2.10. The summed E-state index contributed by atoms with van der Waals surface area (Å²) in [6.07, 6.45) is 3.58. The maximum absolute atomic E-state index is 11.3. The first-order valence-electron chi connectivity index (χ1n) is 5.25. The third kappa shape index (κ3) is 1.77. The largest absolute Gasteiger partial charge is 0.288 e. The third-order valence-corrected chi connectivity index (χ3v) is 3.83. The van der Waals surface area contributed by atoms with Gasteiger partial charge in [-0.05, 0) is 29.7 Å². The van der Waals surface area contributed by atoms with Gasteiger partial charge in [0.05, 0.1) is 6.20 Å². The highest BCUT2D eigenvalue weighted by Gasteiger charge is 2.09. The molecule has 2 heterocycles. The molecule has 0 unspecified atom stereocenters. The number of H-pyrrole nitrogens is 1. The molecule has 3 aromatic rings. The summed E-state index contributed by atoms with van der Waals surface area (Å²) in [6, 6.07) is 7.30. The van der Waals surface area contributed by atoms with Gasteiger partial charge in [-0.1, -0.05) is 0 Å². The van der Waals surface area contributed by atoms with Gasteiger partial charge in [-0.2, -0.15) is 5.10 Å². The predicted octanol–water partition coefficient (Wildman–Crippen LogP) is 2.41. The van der Waals surface area contributed by atoms with Gasteiger partial charge in [0, 0.05) is 26.9 Å². The van der Waals surface area contributed by atoms with E-state index in [4.69, 9.17) is 5.21 Å². The third-order valence-electron chi connectivity index (χ3n) is 2.66. The van der Waals surface area contributed by atoms with Crippen LogP contribution < -0.4 is 5.48 Å². The lowest BCUT2D eigenvalue weighted by atomic mass is 10.1. The van der Waals surface area contributed by atoms with E-state index in [1.165, 1.54) is 0 Å². The number of nitrogens with zero attached hydrogens (tertiary/aromatic N) is 1. The number of carbonyl (C=O) groups is 1. The van der Waals surface area contributed by atoms with Crippen molar-refractivity contribution in [1.29, 1.82) is 0 Å². The van der Waals surface area contributed by atoms with Gasteiger partial charge in [0.15, 0.2) is 0 Å². The Bertz CT molecular complexity index is 703. The van der Waals surface area contributed by atoms with Crippen molar-refractivity contribution >= 4 is 27.3 Å². The van der Waals surface area contributed by atoms with Gasteiger partial charge >= 0.3 is 0 Å². The summed E-state index contributed by atoms with van der Waals surface area (Å²) in [4.78, 5) is 12.4. The van der Waals surface area contributed by atoms with Crippen LogP contribution in [-0.4, -0.2) is 21.3 Å². The summed E-state index contributed by atoms with van der Waals surface area (Å²) in [7, 11) is 0. The number of carbonyl (C=O) groups excluding carboxylic acids is 1. The van der Waals surface area contributed by atoms with Crippen LogP contribution in [0.5, 0.6) is 0 Å². The zero-order chi connectivity index (χ0) is 12.5. The van der Waals surface area contributed by atoms with Crippen LogP contribution in [0, 0.1) is 0 Å². The number of hydrogen-bond donors (Lipinski definition) is 3. The first kappa shape index (κ1) is 10.9. The highest BCUT2D eigenvalue weighted by molar-refractivity contribution is 7.22. The molecule has 0 saturated carbocycles. The van der Waals surface area contributed by atoms with E-state index in [9.17, 15) is 4.79 Å². The number of aromatic amines is 1. The summed E-state index contributed by atoms with van der Waals surface area (Å²) < 4.78 is 1.08. The minimum atomic E-state index is -0.507. The van der Waals surface area contributed by atoms with Gasteiger partial charge in [0.2, 0.25) is 0 Å². The second-order valence-corrected chi connectivity index (χ2v) is 4.87. The molecule has 1 aromatic carbocycles. The zero-order valence-corrected chi connectivity index (χ0v) is 9.99. The number of benzene rings is 1. The van der Waals surface area contributed by atoms with E-state index in [1.54, 1.807) is 35.1 Å². The monoisotopic (exact) mass is 259 g/mol. The topological polar surface area (TPSA) is 78.0 Å². The van der Waals surface area contributed by atoms with Gasteiger partial charge < -0.3 is 0 Å². The second kappa shape index (κ2) is 4.25. The lowest BCUT2D eigenvalue weighted by Gasteiger charge is -1.97. The molecule has 1 amide bonds. The average molecular weight is 259 g/mol. The maximum Gasteiger partial charge on any atom is 0.274 e. The average Bonchev–Trinajstić information content (AvgIpc) is 3.04. The second-order valence-electron chi connectivity index (χ2n) is 3.79. The van der Waals surface area contributed by atoms with E-state index < -0.39 is 5.91 Å². The molecular weight excluding hydrogens is 250 g/mol. The maximum atomic E-state index is 11.3. The summed E-state index contributed by atoms with van der Waals surface area (Å²) >= 11 is 1.63. The number of hydrogen-bond acceptors (Lipinski definition) is 4. The standard InChI is InChI=1S/C12H9N3O2S/c16-12(15-17)7-1-2-10-8(3-7)4-11(18-10)9-5-13-14-6-9/h1-6,17H,(H,13,14)(H,15,16). The minimum Gasteiger partial charge on any atom is -0.288 e.